The van der Waals surface area contributed by atoms with Gasteiger partial charge in [-0.15, -0.1) is 11.3 Å². The number of fused-ring (bicyclic) bond motifs is 3. The highest BCUT2D eigenvalue weighted by atomic mass is 32.1. The number of anilines is 1. The van der Waals surface area contributed by atoms with E-state index in [-0.39, 0.29) is 12.5 Å². The van der Waals surface area contributed by atoms with Gasteiger partial charge in [-0.25, -0.2) is 4.79 Å². The average Bonchev–Trinajstić information content (AvgIpc) is 3.10. The van der Waals surface area contributed by atoms with Crippen molar-refractivity contribution in [2.24, 2.45) is 0 Å². The lowest BCUT2D eigenvalue weighted by Crippen LogP contribution is -2.47. The number of carbonyl (C=O) groups is 3. The van der Waals surface area contributed by atoms with Gasteiger partial charge in [-0.1, -0.05) is 30.7 Å². The van der Waals surface area contributed by atoms with E-state index in [0.717, 1.165) is 71.4 Å². The van der Waals surface area contributed by atoms with Crippen LogP contribution < -0.4 is 10.6 Å². The third kappa shape index (κ3) is 3.28. The lowest BCUT2D eigenvalue weighted by atomic mass is 9.76. The molecule has 0 unspecified atom stereocenters. The zero-order chi connectivity index (χ0) is 22.3. The predicted molar refractivity (Wildman–Crippen MR) is 120 cm³/mol. The van der Waals surface area contributed by atoms with Crippen LogP contribution in [0.15, 0.2) is 24.3 Å². The Balaban J connectivity index is 1.36. The first-order valence-electron chi connectivity index (χ1n) is 11.1. The number of amides is 4. The van der Waals surface area contributed by atoms with E-state index in [4.69, 9.17) is 0 Å². The minimum atomic E-state index is -1.09. The van der Waals surface area contributed by atoms with Crippen molar-refractivity contribution in [1.82, 2.24) is 10.2 Å². The molecule has 2 aromatic rings. The highest BCUT2D eigenvalue weighted by Crippen LogP contribution is 2.40. The molecule has 164 valence electrons. The maximum absolute atomic E-state index is 13.4. The summed E-state index contributed by atoms with van der Waals surface area (Å²) in [4.78, 5) is 41.1. The fourth-order valence-electron chi connectivity index (χ4n) is 5.21. The van der Waals surface area contributed by atoms with Crippen LogP contribution in [0.3, 0.4) is 0 Å². The van der Waals surface area contributed by atoms with Crippen molar-refractivity contribution in [2.45, 2.75) is 56.9 Å². The van der Waals surface area contributed by atoms with E-state index in [0.29, 0.717) is 17.0 Å². The molecule has 2 N–H and O–H groups in total. The fourth-order valence-corrected chi connectivity index (χ4v) is 6.47. The number of nitrogens with one attached hydrogen (secondary N) is 2. The molecule has 0 radical (unpaired) electrons. The van der Waals surface area contributed by atoms with Gasteiger partial charge in [0, 0.05) is 4.88 Å². The summed E-state index contributed by atoms with van der Waals surface area (Å²) in [6.07, 6.45) is 7.19. The Hall–Kier alpha value is -3.18. The van der Waals surface area contributed by atoms with Gasteiger partial charge in [-0.2, -0.15) is 5.26 Å². The maximum Gasteiger partial charge on any atom is 0.325 e. The van der Waals surface area contributed by atoms with Crippen molar-refractivity contribution in [2.75, 3.05) is 11.9 Å². The van der Waals surface area contributed by atoms with Gasteiger partial charge in [0.25, 0.3) is 5.91 Å². The molecular formula is C24H24N4O3S. The van der Waals surface area contributed by atoms with Gasteiger partial charge in [0.1, 0.15) is 23.2 Å². The van der Waals surface area contributed by atoms with E-state index < -0.39 is 17.5 Å². The number of nitrogens with zero attached hydrogens (tertiary/aromatic N) is 2. The lowest BCUT2D eigenvalue weighted by molar-refractivity contribution is -0.134. The fraction of sp³-hybridized carbons (Fsp3) is 0.417. The molecule has 1 spiro atoms. The van der Waals surface area contributed by atoms with Gasteiger partial charge < -0.3 is 10.6 Å². The highest BCUT2D eigenvalue weighted by molar-refractivity contribution is 7.16. The molecule has 5 rings (SSSR count). The molecule has 7 nitrogen and oxygen atoms in total. The van der Waals surface area contributed by atoms with E-state index in [1.165, 1.54) is 11.3 Å². The molecule has 1 aliphatic heterocycles. The van der Waals surface area contributed by atoms with E-state index in [2.05, 4.69) is 16.7 Å². The van der Waals surface area contributed by atoms with Gasteiger partial charge in [0.15, 0.2) is 0 Å². The Kier molecular flexibility index (Phi) is 5.22. The van der Waals surface area contributed by atoms with Crippen LogP contribution in [0.4, 0.5) is 9.80 Å². The molecule has 2 aliphatic carbocycles. The van der Waals surface area contributed by atoms with E-state index in [1.807, 2.05) is 24.3 Å². The molecule has 1 aromatic carbocycles. The Bertz CT molecular complexity index is 1160. The van der Waals surface area contributed by atoms with Gasteiger partial charge >= 0.3 is 6.03 Å². The van der Waals surface area contributed by atoms with Crippen LogP contribution >= 0.6 is 11.3 Å². The third-order valence-corrected chi connectivity index (χ3v) is 7.95. The normalized spacial score (nSPS) is 22.0. The van der Waals surface area contributed by atoms with Crippen LogP contribution in [-0.4, -0.2) is 29.3 Å². The van der Waals surface area contributed by atoms with Crippen LogP contribution in [0.5, 0.6) is 0 Å². The van der Waals surface area contributed by atoms with Gasteiger partial charge in [-0.05, 0) is 61.6 Å². The molecule has 3 aliphatic rings. The molecule has 1 atom stereocenters. The number of thiophene rings is 1. The van der Waals surface area contributed by atoms with Crippen LogP contribution in [0.2, 0.25) is 0 Å². The first kappa shape index (κ1) is 20.7. The second-order valence-corrected chi connectivity index (χ2v) is 9.77. The number of carbonyl (C=O) groups excluding carboxylic acids is 3. The zero-order valence-corrected chi connectivity index (χ0v) is 18.5. The average molecular weight is 449 g/mol. The van der Waals surface area contributed by atoms with Crippen LogP contribution in [-0.2, 0) is 34.4 Å². The standard InChI is InChI=1S/C24H24N4O3S/c25-13-17-16-9-2-1-3-11-19(16)32-21(17)26-20(29)14-28-22(30)24(27-23(28)31)12-6-8-15-7-4-5-10-18(15)24/h4-5,7,10H,1-3,6,8-9,11-12,14H2,(H,26,29)(H,27,31)/t24-/m1/s1. The molecule has 1 aromatic heterocycles. The highest BCUT2D eigenvalue weighted by Gasteiger charge is 2.54. The molecule has 32 heavy (non-hydrogen) atoms. The van der Waals surface area contributed by atoms with Crippen molar-refractivity contribution in [3.05, 3.63) is 51.4 Å². The smallest absolute Gasteiger partial charge is 0.319 e. The quantitative estimate of drug-likeness (QED) is 0.553. The number of urea groups is 1. The van der Waals surface area contributed by atoms with Crippen molar-refractivity contribution in [1.29, 1.82) is 5.26 Å². The molecule has 1 fully saturated rings. The molecule has 2 heterocycles. The Labute approximate surface area is 190 Å². The summed E-state index contributed by atoms with van der Waals surface area (Å²) in [5.41, 5.74) is 2.34. The van der Waals surface area contributed by atoms with Crippen molar-refractivity contribution >= 4 is 34.2 Å². The monoisotopic (exact) mass is 448 g/mol. The maximum atomic E-state index is 13.4. The number of imide groups is 1. The summed E-state index contributed by atoms with van der Waals surface area (Å²) < 4.78 is 0. The minimum absolute atomic E-state index is 0.373. The topological polar surface area (TPSA) is 102 Å². The lowest BCUT2D eigenvalue weighted by Gasteiger charge is -2.33. The molecule has 8 heteroatoms. The van der Waals surface area contributed by atoms with Gasteiger partial charge in [0.05, 0.1) is 5.56 Å². The molecular weight excluding hydrogens is 424 g/mol. The number of benzene rings is 1. The Morgan fingerprint density at radius 2 is 1.97 bits per heavy atom. The second kappa shape index (κ2) is 8.06. The Morgan fingerprint density at radius 3 is 2.81 bits per heavy atom. The summed E-state index contributed by atoms with van der Waals surface area (Å²) in [5, 5.41) is 15.9. The number of hydrogen-bond donors (Lipinski definition) is 2. The molecule has 1 saturated heterocycles. The van der Waals surface area contributed by atoms with Gasteiger partial charge in [0.2, 0.25) is 5.91 Å². The number of aryl methyl sites for hydroxylation is 2. The van der Waals surface area contributed by atoms with E-state index >= 15 is 0 Å². The van der Waals surface area contributed by atoms with Crippen LogP contribution in [0.25, 0.3) is 0 Å². The summed E-state index contributed by atoms with van der Waals surface area (Å²) in [6, 6.07) is 9.35. The summed E-state index contributed by atoms with van der Waals surface area (Å²) in [5.74, 6) is -0.852. The molecule has 0 bridgehead atoms. The SMILES string of the molecule is N#Cc1c(NC(=O)CN2C(=O)N[C@@]3(CCCc4ccccc43)C2=O)sc2c1CCCCC2. The number of hydrogen-bond acceptors (Lipinski definition) is 5. The largest absolute Gasteiger partial charge is 0.325 e. The van der Waals surface area contributed by atoms with Crippen molar-refractivity contribution < 1.29 is 14.4 Å². The number of rotatable bonds is 3. The second-order valence-electron chi connectivity index (χ2n) is 8.67. The first-order chi connectivity index (χ1) is 15.5. The minimum Gasteiger partial charge on any atom is -0.319 e. The summed E-state index contributed by atoms with van der Waals surface area (Å²) >= 11 is 1.44. The van der Waals surface area contributed by atoms with E-state index in [1.54, 1.807) is 0 Å². The summed E-state index contributed by atoms with van der Waals surface area (Å²) in [6.45, 7) is -0.373. The zero-order valence-electron chi connectivity index (χ0n) is 17.7. The molecule has 4 amide bonds. The predicted octanol–water partition coefficient (Wildman–Crippen LogP) is 3.61. The van der Waals surface area contributed by atoms with Crippen LogP contribution in [0, 0.1) is 11.3 Å². The molecule has 0 saturated carbocycles. The number of nitriles is 1. The van der Waals surface area contributed by atoms with Crippen LogP contribution in [0.1, 0.15) is 59.2 Å². The third-order valence-electron chi connectivity index (χ3n) is 6.74. The Morgan fingerprint density at radius 1 is 1.16 bits per heavy atom. The van der Waals surface area contributed by atoms with Crippen molar-refractivity contribution in [3.63, 3.8) is 0 Å². The van der Waals surface area contributed by atoms with E-state index in [9.17, 15) is 19.6 Å². The van der Waals surface area contributed by atoms with Crippen molar-refractivity contribution in [3.8, 4) is 6.07 Å². The first-order valence-corrected chi connectivity index (χ1v) is 11.9. The summed E-state index contributed by atoms with van der Waals surface area (Å²) in [7, 11) is 0. The van der Waals surface area contributed by atoms with Gasteiger partial charge in [-0.3, -0.25) is 14.5 Å².